The second-order valence-corrected chi connectivity index (χ2v) is 11.3. The summed E-state index contributed by atoms with van der Waals surface area (Å²) in [6, 6.07) is 12.0. The van der Waals surface area contributed by atoms with Gasteiger partial charge in [-0.15, -0.1) is 0 Å². The summed E-state index contributed by atoms with van der Waals surface area (Å²) in [6.45, 7) is 3.97. The summed E-state index contributed by atoms with van der Waals surface area (Å²) in [4.78, 5) is 19.0. The van der Waals surface area contributed by atoms with Crippen molar-refractivity contribution in [2.45, 2.75) is 30.7 Å². The molecular formula is C25H33ClN8OS. The zero-order valence-corrected chi connectivity index (χ0v) is 22.9. The maximum absolute atomic E-state index is 12.7. The third-order valence-corrected chi connectivity index (χ3v) is 7.91. The molecule has 2 N–H and O–H groups in total. The number of para-hydroxylation sites is 1. The van der Waals surface area contributed by atoms with Crippen molar-refractivity contribution in [1.82, 2.24) is 24.2 Å². The highest BCUT2D eigenvalue weighted by atomic mass is 35.5. The predicted molar refractivity (Wildman–Crippen MR) is 148 cm³/mol. The van der Waals surface area contributed by atoms with Crippen LogP contribution in [-0.4, -0.2) is 75.7 Å². The number of pyridine rings is 1. The maximum atomic E-state index is 12.7. The fourth-order valence-electron chi connectivity index (χ4n) is 4.15. The summed E-state index contributed by atoms with van der Waals surface area (Å²) < 4.78 is 14.3. The van der Waals surface area contributed by atoms with Gasteiger partial charge in [0.15, 0.2) is 5.82 Å². The molecule has 1 aromatic carbocycles. The molecule has 2 aromatic heterocycles. The van der Waals surface area contributed by atoms with Gasteiger partial charge in [0.2, 0.25) is 5.95 Å². The molecule has 1 unspecified atom stereocenters. The van der Waals surface area contributed by atoms with Gasteiger partial charge in [-0.1, -0.05) is 23.7 Å². The van der Waals surface area contributed by atoms with E-state index in [-0.39, 0.29) is 0 Å². The van der Waals surface area contributed by atoms with E-state index in [0.717, 1.165) is 43.1 Å². The minimum absolute atomic E-state index is 0.359. The van der Waals surface area contributed by atoms with E-state index in [1.165, 1.54) is 6.20 Å². The third kappa shape index (κ3) is 6.12. The first kappa shape index (κ1) is 26.3. The largest absolute Gasteiger partial charge is 0.356 e. The Kier molecular flexibility index (Phi) is 8.40. The summed E-state index contributed by atoms with van der Waals surface area (Å²) in [5.74, 6) is 1.79. The van der Waals surface area contributed by atoms with E-state index >= 15 is 0 Å². The molecule has 11 heteroatoms. The summed E-state index contributed by atoms with van der Waals surface area (Å²) in [5, 5.41) is 6.83. The second kappa shape index (κ2) is 11.5. The van der Waals surface area contributed by atoms with Crippen LogP contribution in [0.4, 0.5) is 29.0 Å². The standard InChI is InChI=1S/C25H33ClN8OS/c1-17-20(10-11-23(28-17)34-14-12-18(13-15-34)32(2)3)30-25-27-16-19(26)24(31-25)29-21-8-6-7-9-22(21)36(35)33(4)5/h6-11,16,18H,12-15H2,1-5H3,(H2,27,29,30,31). The number of anilines is 5. The number of halogens is 1. The van der Waals surface area contributed by atoms with Crippen LogP contribution in [-0.2, 0) is 11.0 Å². The molecule has 1 saturated heterocycles. The van der Waals surface area contributed by atoms with Crippen LogP contribution in [0.15, 0.2) is 47.5 Å². The average molecular weight is 529 g/mol. The Balaban J connectivity index is 1.49. The van der Waals surface area contributed by atoms with E-state index in [1.807, 2.05) is 43.3 Å². The molecule has 0 amide bonds. The zero-order chi connectivity index (χ0) is 25.8. The van der Waals surface area contributed by atoms with Gasteiger partial charge < -0.3 is 20.4 Å². The van der Waals surface area contributed by atoms with Crippen molar-refractivity contribution in [2.75, 3.05) is 56.8 Å². The minimum atomic E-state index is -1.32. The summed E-state index contributed by atoms with van der Waals surface area (Å²) in [5.41, 5.74) is 2.35. The van der Waals surface area contributed by atoms with E-state index in [4.69, 9.17) is 16.6 Å². The third-order valence-electron chi connectivity index (χ3n) is 6.24. The zero-order valence-electron chi connectivity index (χ0n) is 21.3. The fraction of sp³-hybridized carbons (Fsp3) is 0.400. The van der Waals surface area contributed by atoms with Crippen LogP contribution in [0.5, 0.6) is 0 Å². The van der Waals surface area contributed by atoms with Gasteiger partial charge in [0.25, 0.3) is 0 Å². The highest BCUT2D eigenvalue weighted by Crippen LogP contribution is 2.29. The maximum Gasteiger partial charge on any atom is 0.229 e. The number of aryl methyl sites for hydroxylation is 1. The quantitative estimate of drug-likeness (QED) is 0.443. The number of hydrogen-bond donors (Lipinski definition) is 2. The molecule has 9 nitrogen and oxygen atoms in total. The van der Waals surface area contributed by atoms with Crippen molar-refractivity contribution < 1.29 is 4.21 Å². The topological polar surface area (TPSA) is 89.5 Å². The van der Waals surface area contributed by atoms with E-state index in [2.05, 4.69) is 44.5 Å². The molecule has 36 heavy (non-hydrogen) atoms. The molecule has 1 aliphatic heterocycles. The lowest BCUT2D eigenvalue weighted by Crippen LogP contribution is -2.42. The Bertz CT molecular complexity index is 1230. The molecule has 1 fully saturated rings. The number of aromatic nitrogens is 3. The Morgan fingerprint density at radius 1 is 1.00 bits per heavy atom. The van der Waals surface area contributed by atoms with Crippen LogP contribution in [0.25, 0.3) is 0 Å². The lowest BCUT2D eigenvalue weighted by atomic mass is 10.0. The fourth-order valence-corrected chi connectivity index (χ4v) is 5.18. The number of hydrogen-bond acceptors (Lipinski definition) is 8. The lowest BCUT2D eigenvalue weighted by molar-refractivity contribution is 0.249. The molecule has 1 atom stereocenters. The molecule has 3 heterocycles. The Labute approximate surface area is 220 Å². The highest BCUT2D eigenvalue weighted by molar-refractivity contribution is 7.82. The van der Waals surface area contributed by atoms with E-state index in [1.54, 1.807) is 18.4 Å². The van der Waals surface area contributed by atoms with Gasteiger partial charge in [-0.2, -0.15) is 4.98 Å². The summed E-state index contributed by atoms with van der Waals surface area (Å²) >= 11 is 6.39. The second-order valence-electron chi connectivity index (χ2n) is 9.18. The molecule has 192 valence electrons. The first-order chi connectivity index (χ1) is 17.2. The minimum Gasteiger partial charge on any atom is -0.356 e. The van der Waals surface area contributed by atoms with Crippen LogP contribution in [0.1, 0.15) is 18.5 Å². The van der Waals surface area contributed by atoms with Gasteiger partial charge in [0, 0.05) is 19.1 Å². The van der Waals surface area contributed by atoms with Crippen LogP contribution in [0.2, 0.25) is 5.02 Å². The summed E-state index contributed by atoms with van der Waals surface area (Å²) in [7, 11) is 6.50. The molecule has 0 aliphatic carbocycles. The van der Waals surface area contributed by atoms with Crippen LogP contribution in [0, 0.1) is 6.92 Å². The van der Waals surface area contributed by atoms with Crippen molar-refractivity contribution in [3.63, 3.8) is 0 Å². The van der Waals surface area contributed by atoms with E-state index in [9.17, 15) is 4.21 Å². The van der Waals surface area contributed by atoms with Gasteiger partial charge in [-0.05, 0) is 72.2 Å². The van der Waals surface area contributed by atoms with Gasteiger partial charge >= 0.3 is 0 Å². The normalized spacial score (nSPS) is 15.4. The van der Waals surface area contributed by atoms with Gasteiger partial charge in [0.05, 0.1) is 28.2 Å². The number of nitrogens with zero attached hydrogens (tertiary/aromatic N) is 6. The molecule has 0 saturated carbocycles. The van der Waals surface area contributed by atoms with Crippen LogP contribution < -0.4 is 15.5 Å². The molecule has 0 spiro atoms. The number of rotatable bonds is 8. The van der Waals surface area contributed by atoms with E-state index in [0.29, 0.717) is 33.4 Å². The predicted octanol–water partition coefficient (Wildman–Crippen LogP) is 4.44. The Morgan fingerprint density at radius 2 is 1.72 bits per heavy atom. The number of benzene rings is 1. The molecule has 1 aliphatic rings. The molecule has 3 aromatic rings. The number of piperidine rings is 1. The van der Waals surface area contributed by atoms with Crippen molar-refractivity contribution >= 4 is 51.5 Å². The molecule has 0 radical (unpaired) electrons. The number of nitrogens with one attached hydrogen (secondary N) is 2. The van der Waals surface area contributed by atoms with Gasteiger partial charge in [0.1, 0.15) is 21.8 Å². The van der Waals surface area contributed by atoms with Gasteiger partial charge in [-0.3, -0.25) is 0 Å². The van der Waals surface area contributed by atoms with Crippen molar-refractivity contribution in [1.29, 1.82) is 0 Å². The Morgan fingerprint density at radius 3 is 2.39 bits per heavy atom. The average Bonchev–Trinajstić information content (AvgIpc) is 2.87. The molecular weight excluding hydrogens is 496 g/mol. The van der Waals surface area contributed by atoms with Gasteiger partial charge in [-0.25, -0.2) is 18.5 Å². The van der Waals surface area contributed by atoms with Crippen molar-refractivity contribution in [3.05, 3.63) is 53.3 Å². The monoisotopic (exact) mass is 528 g/mol. The molecule has 4 rings (SSSR count). The first-order valence-corrected chi connectivity index (χ1v) is 13.3. The van der Waals surface area contributed by atoms with Crippen molar-refractivity contribution in [2.24, 2.45) is 0 Å². The SMILES string of the molecule is Cc1nc(N2CCC(N(C)C)CC2)ccc1Nc1ncc(Cl)c(Nc2ccccc2S(=O)N(C)C)n1. The van der Waals surface area contributed by atoms with Crippen molar-refractivity contribution in [3.8, 4) is 0 Å². The van der Waals surface area contributed by atoms with Crippen LogP contribution >= 0.6 is 11.6 Å². The van der Waals surface area contributed by atoms with E-state index < -0.39 is 11.0 Å². The lowest BCUT2D eigenvalue weighted by Gasteiger charge is -2.36. The Hall–Kier alpha value is -2.79. The smallest absolute Gasteiger partial charge is 0.229 e. The first-order valence-electron chi connectivity index (χ1n) is 11.9. The molecule has 0 bridgehead atoms. The highest BCUT2D eigenvalue weighted by Gasteiger charge is 2.22. The van der Waals surface area contributed by atoms with Crippen LogP contribution in [0.3, 0.4) is 0 Å². The summed E-state index contributed by atoms with van der Waals surface area (Å²) in [6.07, 6.45) is 3.80.